The van der Waals surface area contributed by atoms with E-state index in [2.05, 4.69) is 5.32 Å². The van der Waals surface area contributed by atoms with E-state index >= 15 is 0 Å². The van der Waals surface area contributed by atoms with Crippen molar-refractivity contribution in [1.29, 1.82) is 0 Å². The summed E-state index contributed by atoms with van der Waals surface area (Å²) in [5.74, 6) is -0.268. The zero-order valence-electron chi connectivity index (χ0n) is 14.7. The standard InChI is InChI=1S/C20H21FN2O3/c1-13(14-3-5-16(21)6-4-14)22-20(25)15-11-19(24)23(12-15)17-7-9-18(26-2)10-8-17/h3-10,13,15H,11-12H2,1-2H3,(H,22,25)/t13-,15+/m0/s1. The average molecular weight is 356 g/mol. The molecule has 0 aliphatic carbocycles. The van der Waals surface area contributed by atoms with E-state index < -0.39 is 5.92 Å². The maximum atomic E-state index is 13.0. The Morgan fingerprint density at radius 2 is 1.85 bits per heavy atom. The molecule has 1 aliphatic rings. The molecule has 2 atom stereocenters. The highest BCUT2D eigenvalue weighted by Crippen LogP contribution is 2.27. The van der Waals surface area contributed by atoms with Gasteiger partial charge in [-0.25, -0.2) is 4.39 Å². The minimum absolute atomic E-state index is 0.0789. The van der Waals surface area contributed by atoms with Crippen LogP contribution in [0.4, 0.5) is 10.1 Å². The number of methoxy groups -OCH3 is 1. The van der Waals surface area contributed by atoms with Crippen LogP contribution in [0, 0.1) is 11.7 Å². The van der Waals surface area contributed by atoms with E-state index in [1.54, 1.807) is 48.4 Å². The van der Waals surface area contributed by atoms with Gasteiger partial charge in [0.25, 0.3) is 0 Å². The molecule has 1 N–H and O–H groups in total. The van der Waals surface area contributed by atoms with E-state index in [1.165, 1.54) is 12.1 Å². The summed E-state index contributed by atoms with van der Waals surface area (Å²) in [7, 11) is 1.58. The number of nitrogens with zero attached hydrogens (tertiary/aromatic N) is 1. The van der Waals surface area contributed by atoms with E-state index in [9.17, 15) is 14.0 Å². The lowest BCUT2D eigenvalue weighted by molar-refractivity contribution is -0.126. The average Bonchev–Trinajstić information content (AvgIpc) is 3.04. The number of rotatable bonds is 5. The maximum Gasteiger partial charge on any atom is 0.227 e. The number of benzene rings is 2. The number of amides is 2. The van der Waals surface area contributed by atoms with Gasteiger partial charge in [0.05, 0.1) is 19.1 Å². The van der Waals surface area contributed by atoms with Crippen molar-refractivity contribution in [2.45, 2.75) is 19.4 Å². The van der Waals surface area contributed by atoms with Crippen LogP contribution in [-0.4, -0.2) is 25.5 Å². The van der Waals surface area contributed by atoms with Gasteiger partial charge in [0.15, 0.2) is 0 Å². The molecule has 5 nitrogen and oxygen atoms in total. The zero-order valence-corrected chi connectivity index (χ0v) is 14.7. The molecule has 0 aromatic heterocycles. The van der Waals surface area contributed by atoms with Crippen LogP contribution >= 0.6 is 0 Å². The van der Waals surface area contributed by atoms with E-state index in [0.717, 1.165) is 11.3 Å². The molecule has 0 bridgehead atoms. The van der Waals surface area contributed by atoms with Gasteiger partial charge in [-0.2, -0.15) is 0 Å². The second kappa shape index (κ2) is 7.56. The van der Waals surface area contributed by atoms with Crippen LogP contribution in [0.25, 0.3) is 0 Å². The number of anilines is 1. The molecule has 0 spiro atoms. The summed E-state index contributed by atoms with van der Waals surface area (Å²) in [6.45, 7) is 2.18. The Morgan fingerprint density at radius 3 is 2.46 bits per heavy atom. The van der Waals surface area contributed by atoms with Crippen LogP contribution in [0.3, 0.4) is 0 Å². The second-order valence-corrected chi connectivity index (χ2v) is 6.39. The lowest BCUT2D eigenvalue weighted by Gasteiger charge is -2.19. The maximum absolute atomic E-state index is 13.0. The SMILES string of the molecule is COc1ccc(N2C[C@H](C(=O)N[C@@H](C)c3ccc(F)cc3)CC2=O)cc1. The Balaban J connectivity index is 1.63. The third-order valence-electron chi connectivity index (χ3n) is 4.61. The zero-order chi connectivity index (χ0) is 18.7. The van der Waals surface area contributed by atoms with E-state index in [1.807, 2.05) is 6.92 Å². The molecule has 0 radical (unpaired) electrons. The minimum atomic E-state index is -0.410. The summed E-state index contributed by atoms with van der Waals surface area (Å²) < 4.78 is 18.1. The fourth-order valence-corrected chi connectivity index (χ4v) is 3.06. The van der Waals surface area contributed by atoms with Gasteiger partial charge >= 0.3 is 0 Å². The highest BCUT2D eigenvalue weighted by Gasteiger charge is 2.35. The number of carbonyl (C=O) groups excluding carboxylic acids is 2. The molecule has 6 heteroatoms. The van der Waals surface area contributed by atoms with Gasteiger partial charge in [0.2, 0.25) is 11.8 Å². The third-order valence-corrected chi connectivity index (χ3v) is 4.61. The second-order valence-electron chi connectivity index (χ2n) is 6.39. The van der Waals surface area contributed by atoms with Crippen LogP contribution in [-0.2, 0) is 9.59 Å². The molecular formula is C20H21FN2O3. The Morgan fingerprint density at radius 1 is 1.19 bits per heavy atom. The molecule has 1 saturated heterocycles. The van der Waals surface area contributed by atoms with Gasteiger partial charge < -0.3 is 15.0 Å². The fraction of sp³-hybridized carbons (Fsp3) is 0.300. The topological polar surface area (TPSA) is 58.6 Å². The number of hydrogen-bond acceptors (Lipinski definition) is 3. The smallest absolute Gasteiger partial charge is 0.227 e. The number of hydrogen-bond donors (Lipinski definition) is 1. The summed E-state index contributed by atoms with van der Waals surface area (Å²) in [5, 5.41) is 2.91. The summed E-state index contributed by atoms with van der Waals surface area (Å²) in [6.07, 6.45) is 0.175. The molecule has 0 saturated carbocycles. The fourth-order valence-electron chi connectivity index (χ4n) is 3.06. The Hall–Kier alpha value is -2.89. The number of carbonyl (C=O) groups is 2. The van der Waals surface area contributed by atoms with Gasteiger partial charge in [-0.3, -0.25) is 9.59 Å². The molecular weight excluding hydrogens is 335 g/mol. The predicted octanol–water partition coefficient (Wildman–Crippen LogP) is 3.06. The molecule has 1 heterocycles. The van der Waals surface area contributed by atoms with E-state index in [4.69, 9.17) is 4.74 Å². The van der Waals surface area contributed by atoms with Gasteiger partial charge in [-0.05, 0) is 48.9 Å². The highest BCUT2D eigenvalue weighted by molar-refractivity contribution is 6.00. The Kier molecular flexibility index (Phi) is 5.21. The largest absolute Gasteiger partial charge is 0.497 e. The van der Waals surface area contributed by atoms with Crippen molar-refractivity contribution >= 4 is 17.5 Å². The molecule has 136 valence electrons. The van der Waals surface area contributed by atoms with Crippen molar-refractivity contribution < 1.29 is 18.7 Å². The van der Waals surface area contributed by atoms with Crippen molar-refractivity contribution in [3.8, 4) is 5.75 Å². The lowest BCUT2D eigenvalue weighted by atomic mass is 10.0. The van der Waals surface area contributed by atoms with Crippen molar-refractivity contribution in [2.24, 2.45) is 5.92 Å². The number of halogens is 1. The van der Waals surface area contributed by atoms with Gasteiger partial charge in [0.1, 0.15) is 11.6 Å². The normalized spacial score (nSPS) is 17.9. The first-order valence-corrected chi connectivity index (χ1v) is 8.48. The summed E-state index contributed by atoms with van der Waals surface area (Å²) in [6, 6.07) is 12.9. The van der Waals surface area contributed by atoms with Crippen LogP contribution < -0.4 is 15.0 Å². The van der Waals surface area contributed by atoms with Crippen LogP contribution in [0.2, 0.25) is 0 Å². The van der Waals surface area contributed by atoms with Crippen molar-refractivity contribution in [3.05, 3.63) is 59.9 Å². The summed E-state index contributed by atoms with van der Waals surface area (Å²) in [4.78, 5) is 26.5. The van der Waals surface area contributed by atoms with Gasteiger partial charge in [0, 0.05) is 18.7 Å². The van der Waals surface area contributed by atoms with Crippen molar-refractivity contribution in [2.75, 3.05) is 18.6 Å². The molecule has 2 aromatic carbocycles. The Labute approximate surface area is 151 Å². The third kappa shape index (κ3) is 3.85. The first kappa shape index (κ1) is 17.9. The van der Waals surface area contributed by atoms with Crippen LogP contribution in [0.1, 0.15) is 24.9 Å². The summed E-state index contributed by atoms with van der Waals surface area (Å²) >= 11 is 0. The number of nitrogens with one attached hydrogen (secondary N) is 1. The predicted molar refractivity (Wildman–Crippen MR) is 96.4 cm³/mol. The molecule has 2 amide bonds. The van der Waals surface area contributed by atoms with E-state index in [0.29, 0.717) is 12.3 Å². The van der Waals surface area contributed by atoms with Gasteiger partial charge in [-0.1, -0.05) is 12.1 Å². The Bertz CT molecular complexity index is 790. The first-order valence-electron chi connectivity index (χ1n) is 8.48. The molecule has 26 heavy (non-hydrogen) atoms. The quantitative estimate of drug-likeness (QED) is 0.896. The molecule has 1 aliphatic heterocycles. The lowest BCUT2D eigenvalue weighted by Crippen LogP contribution is -2.34. The molecule has 2 aromatic rings. The van der Waals surface area contributed by atoms with E-state index in [-0.39, 0.29) is 30.1 Å². The van der Waals surface area contributed by atoms with Crippen LogP contribution in [0.15, 0.2) is 48.5 Å². The monoisotopic (exact) mass is 356 g/mol. The molecule has 0 unspecified atom stereocenters. The van der Waals surface area contributed by atoms with Gasteiger partial charge in [-0.15, -0.1) is 0 Å². The molecule has 1 fully saturated rings. The molecule has 3 rings (SSSR count). The van der Waals surface area contributed by atoms with Crippen LogP contribution in [0.5, 0.6) is 5.75 Å². The van der Waals surface area contributed by atoms with Crippen molar-refractivity contribution in [1.82, 2.24) is 5.32 Å². The number of ether oxygens (including phenoxy) is 1. The van der Waals surface area contributed by atoms with Crippen molar-refractivity contribution in [3.63, 3.8) is 0 Å². The summed E-state index contributed by atoms with van der Waals surface area (Å²) in [5.41, 5.74) is 1.56. The highest BCUT2D eigenvalue weighted by atomic mass is 19.1. The minimum Gasteiger partial charge on any atom is -0.497 e. The first-order chi connectivity index (χ1) is 12.5.